The average Bonchev–Trinajstić information content (AvgIpc) is 3.33. The Labute approximate surface area is 195 Å². The molecule has 14 heteroatoms. The van der Waals surface area contributed by atoms with E-state index in [9.17, 15) is 28.2 Å². The van der Waals surface area contributed by atoms with Crippen LogP contribution in [0.4, 0.5) is 19.0 Å². The summed E-state index contributed by atoms with van der Waals surface area (Å²) in [5.41, 5.74) is 7.24. The molecular formula is C21H19F3N6O5. The Balaban J connectivity index is 1.73. The lowest BCUT2D eigenvalue weighted by Crippen LogP contribution is -2.33. The van der Waals surface area contributed by atoms with Crippen LogP contribution in [-0.4, -0.2) is 61.1 Å². The third kappa shape index (κ3) is 5.03. The normalized spacial score (nSPS) is 22.1. The van der Waals surface area contributed by atoms with Gasteiger partial charge in [-0.15, -0.1) is 0 Å². The average molecular weight is 492 g/mol. The van der Waals surface area contributed by atoms with Crippen molar-refractivity contribution in [1.82, 2.24) is 19.5 Å². The summed E-state index contributed by atoms with van der Waals surface area (Å²) < 4.78 is 45.9. The van der Waals surface area contributed by atoms with Crippen molar-refractivity contribution in [2.24, 2.45) is 5.73 Å². The predicted octanol–water partition coefficient (Wildman–Crippen LogP) is 0.713. The number of carbonyl (C=O) groups excluding carboxylic acids is 1. The molecule has 184 valence electrons. The fourth-order valence-electron chi connectivity index (χ4n) is 3.55. The van der Waals surface area contributed by atoms with Crippen LogP contribution in [0.15, 0.2) is 30.6 Å². The highest BCUT2D eigenvalue weighted by Crippen LogP contribution is 2.34. The number of aromatic nitrogens is 4. The number of amides is 1. The first kappa shape index (κ1) is 24.4. The maximum atomic E-state index is 13.0. The van der Waals surface area contributed by atoms with Crippen molar-refractivity contribution in [1.29, 1.82) is 0 Å². The van der Waals surface area contributed by atoms with E-state index in [2.05, 4.69) is 32.3 Å². The van der Waals surface area contributed by atoms with Gasteiger partial charge in [0.2, 0.25) is 11.7 Å². The molecule has 3 aromatic rings. The molecule has 11 nitrogen and oxygen atoms in total. The molecule has 0 radical (unpaired) electrons. The SMILES string of the molecule is CONc1nc(C#Cc2cccc(C(F)(F)F)c2)nc2c1ncn2[C@@H]1O[C@@H](CC(N)=O)[C@H](O)[C@H]1O. The topological polar surface area (TPSA) is 158 Å². The van der Waals surface area contributed by atoms with E-state index >= 15 is 0 Å². The van der Waals surface area contributed by atoms with Crippen LogP contribution in [0.2, 0.25) is 0 Å². The molecule has 5 N–H and O–H groups in total. The van der Waals surface area contributed by atoms with Crippen LogP contribution in [0.25, 0.3) is 11.2 Å². The van der Waals surface area contributed by atoms with Gasteiger partial charge in [0.05, 0.1) is 31.5 Å². The van der Waals surface area contributed by atoms with Crippen molar-refractivity contribution in [2.75, 3.05) is 12.6 Å². The molecule has 1 aliphatic rings. The number of fused-ring (bicyclic) bond motifs is 1. The molecule has 0 bridgehead atoms. The van der Waals surface area contributed by atoms with Gasteiger partial charge >= 0.3 is 6.18 Å². The number of carbonyl (C=O) groups is 1. The number of nitrogens with zero attached hydrogens (tertiary/aromatic N) is 4. The van der Waals surface area contributed by atoms with Crippen molar-refractivity contribution < 1.29 is 37.8 Å². The number of imidazole rings is 1. The standard InChI is InChI=1S/C21H19F3N6O5/c1-34-29-18-15-19(30(9-26-15)20-17(33)16(32)12(35-20)8-13(25)31)28-14(27-18)6-5-10-3-2-4-11(7-10)21(22,23)24/h2-4,7,9,12,16-17,20,32-33H,8H2,1H3,(H2,25,31)(H,27,28,29)/t12-,16-,17+,20+/m0/s1. The van der Waals surface area contributed by atoms with Gasteiger partial charge in [0.25, 0.3) is 0 Å². The van der Waals surface area contributed by atoms with Crippen LogP contribution >= 0.6 is 0 Å². The summed E-state index contributed by atoms with van der Waals surface area (Å²) in [4.78, 5) is 28.8. The Kier molecular flexibility index (Phi) is 6.59. The second-order valence-corrected chi connectivity index (χ2v) is 7.57. The number of nitrogens with two attached hydrogens (primary N) is 1. The second-order valence-electron chi connectivity index (χ2n) is 7.57. The fraction of sp³-hybridized carbons (Fsp3) is 0.333. The number of aliphatic hydroxyl groups is 2. The van der Waals surface area contributed by atoms with E-state index < -0.39 is 42.2 Å². The van der Waals surface area contributed by atoms with Crippen LogP contribution in [0, 0.1) is 11.8 Å². The third-order valence-corrected chi connectivity index (χ3v) is 5.14. The van der Waals surface area contributed by atoms with Crippen LogP contribution < -0.4 is 11.2 Å². The highest BCUT2D eigenvalue weighted by Gasteiger charge is 2.45. The van der Waals surface area contributed by atoms with Gasteiger partial charge in [-0.3, -0.25) is 14.2 Å². The monoisotopic (exact) mass is 492 g/mol. The zero-order valence-corrected chi connectivity index (χ0v) is 18.0. The van der Waals surface area contributed by atoms with E-state index in [-0.39, 0.29) is 34.8 Å². The molecule has 1 aliphatic heterocycles. The number of anilines is 1. The molecule has 0 unspecified atom stereocenters. The van der Waals surface area contributed by atoms with Gasteiger partial charge in [-0.25, -0.2) is 15.4 Å². The molecule has 1 saturated heterocycles. The van der Waals surface area contributed by atoms with E-state index in [0.29, 0.717) is 0 Å². The van der Waals surface area contributed by atoms with Crippen molar-refractivity contribution in [3.8, 4) is 11.8 Å². The number of alkyl halides is 3. The number of halogens is 3. The summed E-state index contributed by atoms with van der Waals surface area (Å²) in [6, 6.07) is 4.46. The molecule has 0 aliphatic carbocycles. The van der Waals surface area contributed by atoms with Gasteiger partial charge in [-0.05, 0) is 24.1 Å². The molecule has 2 aromatic heterocycles. The van der Waals surface area contributed by atoms with E-state index in [1.165, 1.54) is 30.1 Å². The minimum Gasteiger partial charge on any atom is -0.388 e. The lowest BCUT2D eigenvalue weighted by atomic mass is 10.1. The van der Waals surface area contributed by atoms with Gasteiger partial charge < -0.3 is 20.7 Å². The number of aliphatic hydroxyl groups excluding tert-OH is 2. The molecule has 3 heterocycles. The number of benzene rings is 1. The van der Waals surface area contributed by atoms with Gasteiger partial charge in [0, 0.05) is 5.56 Å². The number of nitrogens with one attached hydrogen (secondary N) is 1. The first-order valence-electron chi connectivity index (χ1n) is 10.1. The first-order valence-corrected chi connectivity index (χ1v) is 10.1. The maximum Gasteiger partial charge on any atom is 0.416 e. The quantitative estimate of drug-likeness (QED) is 0.297. The first-order chi connectivity index (χ1) is 16.6. The minimum atomic E-state index is -4.52. The lowest BCUT2D eigenvalue weighted by Gasteiger charge is -2.16. The molecular weight excluding hydrogens is 473 g/mol. The predicted molar refractivity (Wildman–Crippen MR) is 113 cm³/mol. The molecule has 1 amide bonds. The smallest absolute Gasteiger partial charge is 0.388 e. The Morgan fingerprint density at radius 3 is 2.74 bits per heavy atom. The van der Waals surface area contributed by atoms with Crippen molar-refractivity contribution in [3.63, 3.8) is 0 Å². The second kappa shape index (κ2) is 9.47. The van der Waals surface area contributed by atoms with Gasteiger partial charge in [0.1, 0.15) is 12.2 Å². The van der Waals surface area contributed by atoms with Crippen molar-refractivity contribution >= 4 is 22.9 Å². The number of ether oxygens (including phenoxy) is 1. The van der Waals surface area contributed by atoms with E-state index in [1.54, 1.807) is 0 Å². The van der Waals surface area contributed by atoms with Crippen LogP contribution in [0.3, 0.4) is 0 Å². The third-order valence-electron chi connectivity index (χ3n) is 5.14. The summed E-state index contributed by atoms with van der Waals surface area (Å²) in [7, 11) is 1.33. The van der Waals surface area contributed by atoms with Crippen LogP contribution in [0.1, 0.15) is 29.6 Å². The summed E-state index contributed by atoms with van der Waals surface area (Å²) in [5.74, 6) is 4.46. The highest BCUT2D eigenvalue weighted by molar-refractivity contribution is 5.83. The minimum absolute atomic E-state index is 0.0882. The van der Waals surface area contributed by atoms with Gasteiger partial charge in [-0.2, -0.15) is 18.2 Å². The van der Waals surface area contributed by atoms with Crippen molar-refractivity contribution in [3.05, 3.63) is 47.5 Å². The molecule has 0 saturated carbocycles. The molecule has 1 aromatic carbocycles. The number of primary amides is 1. The Morgan fingerprint density at radius 1 is 1.29 bits per heavy atom. The Hall–Kier alpha value is -3.77. The number of hydrogen-bond donors (Lipinski definition) is 4. The fourth-order valence-corrected chi connectivity index (χ4v) is 3.55. The van der Waals surface area contributed by atoms with Crippen LogP contribution in [-0.2, 0) is 20.5 Å². The van der Waals surface area contributed by atoms with E-state index in [4.69, 9.17) is 15.3 Å². The zero-order valence-electron chi connectivity index (χ0n) is 18.0. The number of rotatable bonds is 5. The Bertz CT molecular complexity index is 1320. The summed E-state index contributed by atoms with van der Waals surface area (Å²) in [6.07, 6.45) is -8.63. The van der Waals surface area contributed by atoms with Crippen molar-refractivity contribution in [2.45, 2.75) is 37.1 Å². The Morgan fingerprint density at radius 2 is 2.06 bits per heavy atom. The summed E-state index contributed by atoms with van der Waals surface area (Å²) in [5, 5.41) is 20.7. The summed E-state index contributed by atoms with van der Waals surface area (Å²) >= 11 is 0. The molecule has 4 atom stereocenters. The largest absolute Gasteiger partial charge is 0.416 e. The van der Waals surface area contributed by atoms with Gasteiger partial charge in [-0.1, -0.05) is 12.0 Å². The molecule has 35 heavy (non-hydrogen) atoms. The lowest BCUT2D eigenvalue weighted by molar-refractivity contribution is -0.137. The van der Waals surface area contributed by atoms with Gasteiger partial charge in [0.15, 0.2) is 23.2 Å². The molecule has 4 rings (SSSR count). The maximum absolute atomic E-state index is 13.0. The van der Waals surface area contributed by atoms with E-state index in [1.807, 2.05) is 0 Å². The number of hydrogen-bond acceptors (Lipinski definition) is 9. The molecule has 0 spiro atoms. The summed E-state index contributed by atoms with van der Waals surface area (Å²) in [6.45, 7) is 0. The van der Waals surface area contributed by atoms with E-state index in [0.717, 1.165) is 12.1 Å². The molecule has 1 fully saturated rings. The highest BCUT2D eigenvalue weighted by atomic mass is 19.4. The zero-order chi connectivity index (χ0) is 25.3. The van der Waals surface area contributed by atoms with Crippen LogP contribution in [0.5, 0.6) is 0 Å².